The van der Waals surface area contributed by atoms with Gasteiger partial charge in [0.15, 0.2) is 5.13 Å². The summed E-state index contributed by atoms with van der Waals surface area (Å²) in [5.41, 5.74) is 2.59. The van der Waals surface area contributed by atoms with Gasteiger partial charge in [-0.3, -0.25) is 9.69 Å². The number of aryl methyl sites for hydroxylation is 1. The largest absolute Gasteiger partial charge is 0.494 e. The van der Waals surface area contributed by atoms with E-state index in [1.54, 1.807) is 0 Å². The van der Waals surface area contributed by atoms with Crippen molar-refractivity contribution in [1.29, 1.82) is 0 Å². The number of rotatable bonds is 8. The zero-order valence-corrected chi connectivity index (χ0v) is 19.0. The van der Waals surface area contributed by atoms with Crippen LogP contribution >= 0.6 is 23.7 Å². The Morgan fingerprint density at radius 2 is 1.90 bits per heavy atom. The lowest BCUT2D eigenvalue weighted by Gasteiger charge is -2.21. The number of carbonyl (C=O) groups is 1. The molecular formula is C22H28ClN3O2S. The minimum Gasteiger partial charge on any atom is -0.494 e. The Morgan fingerprint density at radius 1 is 1.14 bits per heavy atom. The number of nitrogens with zero attached hydrogens (tertiary/aromatic N) is 3. The average molecular weight is 434 g/mol. The van der Waals surface area contributed by atoms with E-state index in [0.717, 1.165) is 45.2 Å². The summed E-state index contributed by atoms with van der Waals surface area (Å²) in [5, 5.41) is 0.732. The zero-order valence-electron chi connectivity index (χ0n) is 17.3. The van der Waals surface area contributed by atoms with Crippen LogP contribution in [0.25, 0.3) is 10.2 Å². The number of aromatic nitrogens is 1. The van der Waals surface area contributed by atoms with Crippen LogP contribution in [0.5, 0.6) is 5.75 Å². The van der Waals surface area contributed by atoms with Crippen molar-refractivity contribution in [3.05, 3.63) is 53.6 Å². The second kappa shape index (κ2) is 10.6. The van der Waals surface area contributed by atoms with Gasteiger partial charge in [-0.05, 0) is 70.7 Å². The quantitative estimate of drug-likeness (QED) is 0.500. The summed E-state index contributed by atoms with van der Waals surface area (Å²) in [6.07, 6.45) is 0.880. The Bertz CT molecular complexity index is 958. The predicted molar refractivity (Wildman–Crippen MR) is 124 cm³/mol. The van der Waals surface area contributed by atoms with Gasteiger partial charge in [0.2, 0.25) is 0 Å². The fourth-order valence-electron chi connectivity index (χ4n) is 3.05. The molecule has 0 aliphatic heterocycles. The summed E-state index contributed by atoms with van der Waals surface area (Å²) < 4.78 is 6.62. The van der Waals surface area contributed by atoms with Crippen LogP contribution in [0, 0.1) is 6.92 Å². The van der Waals surface area contributed by atoms with E-state index in [1.165, 1.54) is 11.3 Å². The van der Waals surface area contributed by atoms with E-state index in [-0.39, 0.29) is 18.3 Å². The molecule has 2 aromatic carbocycles. The molecule has 1 amide bonds. The van der Waals surface area contributed by atoms with Crippen molar-refractivity contribution >= 4 is 45.0 Å². The van der Waals surface area contributed by atoms with Crippen LogP contribution in [-0.2, 0) is 0 Å². The molecule has 7 heteroatoms. The van der Waals surface area contributed by atoms with Crippen molar-refractivity contribution in [3.8, 4) is 5.75 Å². The first-order valence-electron chi connectivity index (χ1n) is 9.55. The van der Waals surface area contributed by atoms with Gasteiger partial charge in [0.25, 0.3) is 5.91 Å². The van der Waals surface area contributed by atoms with Gasteiger partial charge < -0.3 is 9.64 Å². The highest BCUT2D eigenvalue weighted by Crippen LogP contribution is 2.32. The zero-order chi connectivity index (χ0) is 20.1. The Labute approximate surface area is 182 Å². The van der Waals surface area contributed by atoms with Gasteiger partial charge >= 0.3 is 0 Å². The van der Waals surface area contributed by atoms with Crippen LogP contribution in [0.3, 0.4) is 0 Å². The standard InChI is InChI=1S/C22H27N3O2S.ClH/c1-5-27-17-11-12-19-20(15-17)28-22(23-19)25(14-8-13-24(3)4)21(26)18-10-7-6-9-16(18)2;/h6-7,9-12,15H,5,8,13-14H2,1-4H3;1H. The molecule has 0 fully saturated rings. The number of anilines is 1. The lowest BCUT2D eigenvalue weighted by Crippen LogP contribution is -2.33. The molecule has 0 saturated carbocycles. The molecule has 156 valence electrons. The molecule has 0 aliphatic rings. The van der Waals surface area contributed by atoms with Crippen molar-refractivity contribution in [1.82, 2.24) is 9.88 Å². The van der Waals surface area contributed by atoms with Gasteiger partial charge in [-0.25, -0.2) is 4.98 Å². The van der Waals surface area contributed by atoms with Crippen molar-refractivity contribution in [2.24, 2.45) is 0 Å². The molecule has 1 aromatic heterocycles. The Morgan fingerprint density at radius 3 is 2.59 bits per heavy atom. The molecule has 3 aromatic rings. The van der Waals surface area contributed by atoms with Crippen LogP contribution in [-0.4, -0.2) is 49.6 Å². The molecule has 3 rings (SSSR count). The predicted octanol–water partition coefficient (Wildman–Crippen LogP) is 5.02. The van der Waals surface area contributed by atoms with Crippen molar-refractivity contribution in [2.45, 2.75) is 20.3 Å². The first-order valence-corrected chi connectivity index (χ1v) is 10.4. The molecule has 0 atom stereocenters. The minimum atomic E-state index is 0. The van der Waals surface area contributed by atoms with Gasteiger partial charge in [-0.1, -0.05) is 29.5 Å². The van der Waals surface area contributed by atoms with Crippen molar-refractivity contribution < 1.29 is 9.53 Å². The molecule has 5 nitrogen and oxygen atoms in total. The second-order valence-corrected chi connectivity index (χ2v) is 8.00. The van der Waals surface area contributed by atoms with Crippen molar-refractivity contribution in [2.75, 3.05) is 38.7 Å². The number of thiazole rings is 1. The molecule has 0 saturated heterocycles. The fraction of sp³-hybridized carbons (Fsp3) is 0.364. The maximum Gasteiger partial charge on any atom is 0.260 e. The normalized spacial score (nSPS) is 10.8. The number of hydrogen-bond donors (Lipinski definition) is 0. The van der Waals surface area contributed by atoms with E-state index in [2.05, 4.69) is 4.90 Å². The highest BCUT2D eigenvalue weighted by atomic mass is 35.5. The lowest BCUT2D eigenvalue weighted by molar-refractivity contribution is 0.0985. The monoisotopic (exact) mass is 433 g/mol. The number of benzene rings is 2. The van der Waals surface area contributed by atoms with Crippen LogP contribution in [0.2, 0.25) is 0 Å². The maximum absolute atomic E-state index is 13.3. The van der Waals surface area contributed by atoms with Gasteiger partial charge in [0.1, 0.15) is 5.75 Å². The molecule has 0 bridgehead atoms. The number of hydrogen-bond acceptors (Lipinski definition) is 5. The topological polar surface area (TPSA) is 45.7 Å². The summed E-state index contributed by atoms with van der Waals surface area (Å²) in [6, 6.07) is 13.6. The van der Waals surface area contributed by atoms with Crippen molar-refractivity contribution in [3.63, 3.8) is 0 Å². The Kier molecular flexibility index (Phi) is 8.44. The first kappa shape index (κ1) is 23.1. The molecular weight excluding hydrogens is 406 g/mol. The van der Waals surface area contributed by atoms with Crippen LogP contribution < -0.4 is 9.64 Å². The molecule has 0 aliphatic carbocycles. The summed E-state index contributed by atoms with van der Waals surface area (Å²) >= 11 is 1.53. The third-order valence-electron chi connectivity index (χ3n) is 4.50. The van der Waals surface area contributed by atoms with Gasteiger partial charge in [0.05, 0.1) is 16.8 Å². The minimum absolute atomic E-state index is 0. The van der Waals surface area contributed by atoms with Crippen LogP contribution in [0.15, 0.2) is 42.5 Å². The van der Waals surface area contributed by atoms with E-state index < -0.39 is 0 Å². The summed E-state index contributed by atoms with van der Waals surface area (Å²) in [5.74, 6) is 0.829. The highest BCUT2D eigenvalue weighted by molar-refractivity contribution is 7.22. The molecule has 0 spiro atoms. The third-order valence-corrected chi connectivity index (χ3v) is 5.54. The molecule has 0 unspecified atom stereocenters. The van der Waals surface area contributed by atoms with E-state index in [0.29, 0.717) is 13.2 Å². The summed E-state index contributed by atoms with van der Waals surface area (Å²) in [4.78, 5) is 22.0. The SMILES string of the molecule is CCOc1ccc2nc(N(CCCN(C)C)C(=O)c3ccccc3C)sc2c1.Cl. The maximum atomic E-state index is 13.3. The second-order valence-electron chi connectivity index (χ2n) is 6.99. The lowest BCUT2D eigenvalue weighted by atomic mass is 10.1. The summed E-state index contributed by atoms with van der Waals surface area (Å²) in [7, 11) is 4.08. The molecule has 1 heterocycles. The number of carbonyl (C=O) groups excluding carboxylic acids is 1. The third kappa shape index (κ3) is 5.69. The van der Waals surface area contributed by atoms with Gasteiger partial charge in [0, 0.05) is 12.1 Å². The average Bonchev–Trinajstić information content (AvgIpc) is 3.08. The molecule has 0 radical (unpaired) electrons. The van der Waals surface area contributed by atoms with E-state index >= 15 is 0 Å². The fourth-order valence-corrected chi connectivity index (χ4v) is 4.07. The molecule has 29 heavy (non-hydrogen) atoms. The highest BCUT2D eigenvalue weighted by Gasteiger charge is 2.22. The van der Waals surface area contributed by atoms with E-state index in [9.17, 15) is 4.79 Å². The van der Waals surface area contributed by atoms with Gasteiger partial charge in [-0.15, -0.1) is 12.4 Å². The Balaban J connectivity index is 0.00000300. The van der Waals surface area contributed by atoms with E-state index in [1.807, 2.05) is 75.3 Å². The van der Waals surface area contributed by atoms with Gasteiger partial charge in [-0.2, -0.15) is 0 Å². The number of ether oxygens (including phenoxy) is 1. The smallest absolute Gasteiger partial charge is 0.260 e. The first-order chi connectivity index (χ1) is 13.5. The molecule has 0 N–H and O–H groups in total. The number of halogens is 1. The number of amides is 1. The summed E-state index contributed by atoms with van der Waals surface area (Å²) in [6.45, 7) is 6.10. The Hall–Kier alpha value is -2.15. The van der Waals surface area contributed by atoms with E-state index in [4.69, 9.17) is 9.72 Å². The number of fused-ring (bicyclic) bond motifs is 1. The van der Waals surface area contributed by atoms with Crippen LogP contribution in [0.4, 0.5) is 5.13 Å². The van der Waals surface area contributed by atoms with Crippen LogP contribution in [0.1, 0.15) is 29.3 Å².